The molecule has 2 aromatic rings. The highest BCUT2D eigenvalue weighted by Crippen LogP contribution is 2.55. The zero-order valence-electron chi connectivity index (χ0n) is 17.5. The fraction of sp³-hybridized carbons (Fsp3) is 0.520. The summed E-state index contributed by atoms with van der Waals surface area (Å²) in [5.41, 5.74) is 2.73. The summed E-state index contributed by atoms with van der Waals surface area (Å²) in [6.45, 7) is 1.40. The maximum absolute atomic E-state index is 6.00. The molecule has 6 rings (SSSR count). The highest BCUT2D eigenvalue weighted by Gasteiger charge is 2.50. The molecule has 0 atom stereocenters. The number of hydrogen-bond acceptors (Lipinski definition) is 3. The van der Waals surface area contributed by atoms with Gasteiger partial charge in [0, 0.05) is 17.1 Å². The second-order valence-electron chi connectivity index (χ2n) is 9.45. The van der Waals surface area contributed by atoms with E-state index in [-0.39, 0.29) is 12.4 Å². The van der Waals surface area contributed by atoms with Gasteiger partial charge in [0.05, 0.1) is 7.11 Å². The zero-order valence-corrected chi connectivity index (χ0v) is 19.0. The van der Waals surface area contributed by atoms with Gasteiger partial charge in [0.2, 0.25) is 0 Å². The van der Waals surface area contributed by atoms with Crippen LogP contribution in [0.3, 0.4) is 0 Å². The van der Waals surface area contributed by atoms with Crippen LogP contribution in [-0.2, 0) is 13.2 Å². The van der Waals surface area contributed by atoms with Gasteiger partial charge in [-0.05, 0) is 91.7 Å². The van der Waals surface area contributed by atoms with Gasteiger partial charge in [-0.25, -0.2) is 0 Å². The van der Waals surface area contributed by atoms with Gasteiger partial charge in [0.15, 0.2) is 11.5 Å². The lowest BCUT2D eigenvalue weighted by Gasteiger charge is -2.57. The summed E-state index contributed by atoms with van der Waals surface area (Å²) in [5.74, 6) is 4.47. The highest BCUT2D eigenvalue weighted by atomic mass is 35.5. The minimum Gasteiger partial charge on any atom is -1.00 e. The van der Waals surface area contributed by atoms with Crippen LogP contribution in [-0.4, -0.2) is 12.6 Å². The molecular formula is C25H30Cl2NO2-. The van der Waals surface area contributed by atoms with Crippen LogP contribution < -0.4 is 27.2 Å². The first-order chi connectivity index (χ1) is 14.1. The lowest BCUT2D eigenvalue weighted by atomic mass is 9.53. The summed E-state index contributed by atoms with van der Waals surface area (Å²) in [5, 5.41) is 4.71. The molecule has 0 radical (unpaired) electrons. The predicted octanol–water partition coefficient (Wildman–Crippen LogP) is 2.99. The van der Waals surface area contributed by atoms with E-state index in [0.717, 1.165) is 46.4 Å². The van der Waals surface area contributed by atoms with Gasteiger partial charge >= 0.3 is 0 Å². The Bertz CT molecular complexity index is 833. The Morgan fingerprint density at radius 2 is 1.50 bits per heavy atom. The average Bonchev–Trinajstić information content (AvgIpc) is 2.71. The summed E-state index contributed by atoms with van der Waals surface area (Å²) in [6, 6.07) is 14.0. The molecule has 0 spiro atoms. The van der Waals surface area contributed by atoms with Crippen molar-refractivity contribution in [3.05, 3.63) is 58.6 Å². The second-order valence-corrected chi connectivity index (χ2v) is 9.89. The molecule has 4 aliphatic rings. The van der Waals surface area contributed by atoms with Gasteiger partial charge in [-0.1, -0.05) is 29.8 Å². The van der Waals surface area contributed by atoms with Crippen molar-refractivity contribution >= 4 is 11.6 Å². The number of nitrogens with one attached hydrogen (secondary N) is 1. The van der Waals surface area contributed by atoms with Crippen LogP contribution in [0.2, 0.25) is 5.02 Å². The van der Waals surface area contributed by atoms with Crippen LogP contribution in [0.15, 0.2) is 42.5 Å². The molecule has 0 saturated heterocycles. The minimum atomic E-state index is 0. The van der Waals surface area contributed by atoms with Crippen molar-refractivity contribution < 1.29 is 21.9 Å². The smallest absolute Gasteiger partial charge is 0.161 e. The maximum Gasteiger partial charge on any atom is 0.161 e. The van der Waals surface area contributed by atoms with Gasteiger partial charge in [-0.2, -0.15) is 0 Å². The van der Waals surface area contributed by atoms with Crippen LogP contribution in [0.25, 0.3) is 0 Å². The number of methoxy groups -OCH3 is 1. The fourth-order valence-corrected chi connectivity index (χ4v) is 6.43. The van der Waals surface area contributed by atoms with Crippen molar-refractivity contribution in [2.24, 2.45) is 17.8 Å². The van der Waals surface area contributed by atoms with Crippen molar-refractivity contribution in [2.75, 3.05) is 7.11 Å². The lowest BCUT2D eigenvalue weighted by molar-refractivity contribution is -0.0206. The third kappa shape index (κ3) is 4.59. The third-order valence-corrected chi connectivity index (χ3v) is 7.49. The molecule has 2 aromatic carbocycles. The van der Waals surface area contributed by atoms with E-state index in [9.17, 15) is 0 Å². The van der Waals surface area contributed by atoms with Crippen LogP contribution in [0.1, 0.15) is 49.7 Å². The van der Waals surface area contributed by atoms with E-state index in [0.29, 0.717) is 12.1 Å². The molecule has 0 heterocycles. The molecule has 4 saturated carbocycles. The van der Waals surface area contributed by atoms with E-state index in [1.165, 1.54) is 44.1 Å². The number of halogens is 2. The number of benzene rings is 2. The van der Waals surface area contributed by atoms with Crippen LogP contribution >= 0.6 is 11.6 Å². The molecular weight excluding hydrogens is 417 g/mol. The largest absolute Gasteiger partial charge is 1.00 e. The second kappa shape index (κ2) is 8.98. The summed E-state index contributed by atoms with van der Waals surface area (Å²) in [6.07, 6.45) is 8.56. The number of rotatable bonds is 7. The first-order valence-electron chi connectivity index (χ1n) is 10.9. The summed E-state index contributed by atoms with van der Waals surface area (Å²) in [4.78, 5) is 0. The number of ether oxygens (including phenoxy) is 2. The first kappa shape index (κ1) is 21.8. The quantitative estimate of drug-likeness (QED) is 0.708. The molecule has 4 aliphatic carbocycles. The molecule has 4 bridgehead atoms. The minimum absolute atomic E-state index is 0. The van der Waals surface area contributed by atoms with Crippen molar-refractivity contribution in [3.63, 3.8) is 0 Å². The molecule has 3 nitrogen and oxygen atoms in total. The Morgan fingerprint density at radius 3 is 2.10 bits per heavy atom. The van der Waals surface area contributed by atoms with Crippen molar-refractivity contribution in [3.8, 4) is 11.5 Å². The Kier molecular flexibility index (Phi) is 6.53. The van der Waals surface area contributed by atoms with E-state index in [1.54, 1.807) is 7.11 Å². The van der Waals surface area contributed by atoms with E-state index in [2.05, 4.69) is 17.4 Å². The van der Waals surface area contributed by atoms with E-state index in [1.807, 2.05) is 30.3 Å². The molecule has 0 unspecified atom stereocenters. The van der Waals surface area contributed by atoms with Gasteiger partial charge in [-0.3, -0.25) is 0 Å². The summed E-state index contributed by atoms with van der Waals surface area (Å²) in [7, 11) is 1.71. The molecule has 0 aliphatic heterocycles. The van der Waals surface area contributed by atoms with Gasteiger partial charge in [-0.15, -0.1) is 0 Å². The van der Waals surface area contributed by atoms with E-state index < -0.39 is 0 Å². The monoisotopic (exact) mass is 446 g/mol. The summed E-state index contributed by atoms with van der Waals surface area (Å²) < 4.78 is 11.6. The predicted molar refractivity (Wildman–Crippen MR) is 117 cm³/mol. The average molecular weight is 447 g/mol. The number of hydrogen-bond donors (Lipinski definition) is 1. The Morgan fingerprint density at radius 1 is 0.900 bits per heavy atom. The topological polar surface area (TPSA) is 30.5 Å². The normalized spacial score (nSPS) is 28.8. The van der Waals surface area contributed by atoms with Crippen LogP contribution in [0.5, 0.6) is 11.5 Å². The molecule has 162 valence electrons. The molecule has 30 heavy (non-hydrogen) atoms. The van der Waals surface area contributed by atoms with Crippen molar-refractivity contribution in [1.29, 1.82) is 0 Å². The molecule has 0 aromatic heterocycles. The van der Waals surface area contributed by atoms with E-state index >= 15 is 0 Å². The van der Waals surface area contributed by atoms with Gasteiger partial charge in [0.1, 0.15) is 6.61 Å². The van der Waals surface area contributed by atoms with Crippen LogP contribution in [0, 0.1) is 17.8 Å². The first-order valence-corrected chi connectivity index (χ1v) is 11.3. The van der Waals surface area contributed by atoms with Crippen LogP contribution in [0.4, 0.5) is 0 Å². The highest BCUT2D eigenvalue weighted by molar-refractivity contribution is 6.30. The van der Waals surface area contributed by atoms with Crippen molar-refractivity contribution in [1.82, 2.24) is 5.32 Å². The molecule has 5 heteroatoms. The summed E-state index contributed by atoms with van der Waals surface area (Å²) >= 11 is 5.96. The van der Waals surface area contributed by atoms with E-state index in [4.69, 9.17) is 21.1 Å². The standard InChI is InChI=1S/C25H30ClNO2.ClH/c1-28-24-11-18(4-7-23(24)29-16-17-2-5-22(26)6-3-17)15-27-25-12-19-8-20(13-25)10-21(9-19)14-25;/h2-7,11,19-21,27H,8-10,12-16H2,1H3;1H/p-1. The van der Waals surface area contributed by atoms with Gasteiger partial charge in [0.25, 0.3) is 0 Å². The van der Waals surface area contributed by atoms with Crippen molar-refractivity contribution in [2.45, 2.75) is 57.2 Å². The molecule has 1 N–H and O–H groups in total. The Labute approximate surface area is 190 Å². The molecule has 4 fully saturated rings. The maximum atomic E-state index is 6.00. The zero-order chi connectivity index (χ0) is 19.8. The Balaban J connectivity index is 0.00000218. The fourth-order valence-electron chi connectivity index (χ4n) is 6.30. The van der Waals surface area contributed by atoms with Gasteiger partial charge < -0.3 is 27.2 Å². The SMILES string of the molecule is COc1cc(CNC23CC4CC(CC(C4)C2)C3)ccc1OCc1ccc(Cl)cc1.[Cl-]. The molecule has 0 amide bonds. The Hall–Kier alpha value is -1.42. The third-order valence-electron chi connectivity index (χ3n) is 7.24. The lowest BCUT2D eigenvalue weighted by Crippen LogP contribution is -3.00.